The van der Waals surface area contributed by atoms with E-state index in [0.29, 0.717) is 17.3 Å². The Kier molecular flexibility index (Phi) is 7.15. The fourth-order valence-corrected chi connectivity index (χ4v) is 7.72. The normalized spacial score (nSPS) is 27.6. The number of carbonyl (C=O) groups is 2. The van der Waals surface area contributed by atoms with Gasteiger partial charge in [-0.1, -0.05) is 0 Å². The molecular weight excluding hydrogens is 511 g/mol. The summed E-state index contributed by atoms with van der Waals surface area (Å²) in [5.74, 6) is -0.552. The number of nitrogens with one attached hydrogen (secondary N) is 2. The van der Waals surface area contributed by atoms with E-state index in [1.54, 1.807) is 6.08 Å². The second-order valence-electron chi connectivity index (χ2n) is 9.58. The number of hydrogen-bond donors (Lipinski definition) is 5. The van der Waals surface area contributed by atoms with Crippen molar-refractivity contribution in [3.8, 4) is 0 Å². The first-order chi connectivity index (χ1) is 14.5. The molecule has 5 atom stereocenters. The van der Waals surface area contributed by atoms with Gasteiger partial charge in [0.15, 0.2) is 0 Å². The molecule has 3 rings (SSSR count). The molecule has 1 unspecified atom stereocenters. The van der Waals surface area contributed by atoms with Gasteiger partial charge in [-0.3, -0.25) is 0 Å². The quantitative estimate of drug-likeness (QED) is 0.0943. The maximum absolute atomic E-state index is 13.2. The Balaban J connectivity index is 1.69. The van der Waals surface area contributed by atoms with Crippen LogP contribution in [0, 0.1) is 16.7 Å². The van der Waals surface area contributed by atoms with Crippen LogP contribution in [0.15, 0.2) is 36.4 Å². The third kappa shape index (κ3) is 5.30. The molecule has 0 aromatic heterocycles. The predicted octanol–water partition coefficient (Wildman–Crippen LogP) is 3.02. The number of aryl methyl sites for hydroxylation is 1. The number of para-hydroxylation sites is 1. The Morgan fingerprint density at radius 2 is 1.94 bits per heavy atom. The monoisotopic (exact) mass is 544 g/mol. The van der Waals surface area contributed by atoms with Crippen LogP contribution in [0.2, 0.25) is 0 Å². The van der Waals surface area contributed by atoms with E-state index in [1.807, 2.05) is 52.0 Å². The fraction of sp³-hybridized carbons (Fsp3) is 0.565. The van der Waals surface area contributed by atoms with E-state index in [2.05, 4.69) is 8.85 Å². The summed E-state index contributed by atoms with van der Waals surface area (Å²) in [7, 11) is 0. The average Bonchev–Trinajstić information content (AvgIpc) is 3.42. The Bertz CT molecular complexity index is 868. The summed E-state index contributed by atoms with van der Waals surface area (Å²) in [5.41, 5.74) is 0.445. The summed E-state index contributed by atoms with van der Waals surface area (Å²) in [6.07, 6.45) is 0.107. The summed E-state index contributed by atoms with van der Waals surface area (Å²) < 4.78 is 3.39. The average molecular weight is 544 g/mol. The third-order valence-electron chi connectivity index (χ3n) is 5.99. The van der Waals surface area contributed by atoms with Gasteiger partial charge in [0.1, 0.15) is 0 Å². The van der Waals surface area contributed by atoms with Crippen LogP contribution in [-0.4, -0.2) is 47.9 Å². The van der Waals surface area contributed by atoms with Gasteiger partial charge in [0.2, 0.25) is 0 Å². The van der Waals surface area contributed by atoms with Crippen molar-refractivity contribution in [2.45, 2.75) is 58.8 Å². The first-order valence-electron chi connectivity index (χ1n) is 10.5. The minimum absolute atomic E-state index is 0.144. The van der Waals surface area contributed by atoms with Crippen molar-refractivity contribution in [3.05, 3.63) is 42.0 Å². The van der Waals surface area contributed by atoms with Crippen molar-refractivity contribution in [2.75, 3.05) is 9.74 Å². The summed E-state index contributed by atoms with van der Waals surface area (Å²) >= 11 is -2.56. The Labute approximate surface area is 191 Å². The number of amides is 2. The van der Waals surface area contributed by atoms with Crippen LogP contribution in [0.25, 0.3) is 0 Å². The number of halogens is 1. The minimum atomic E-state index is -2.56. The topological polar surface area (TPSA) is 119 Å². The van der Waals surface area contributed by atoms with E-state index in [9.17, 15) is 24.9 Å². The number of aliphatic hydroxyl groups is 3. The Morgan fingerprint density at radius 3 is 2.55 bits per heavy atom. The van der Waals surface area contributed by atoms with E-state index in [1.165, 1.54) is 6.08 Å². The van der Waals surface area contributed by atoms with Crippen LogP contribution in [0.4, 0.5) is 10.5 Å². The maximum atomic E-state index is 13.2. The molecule has 172 valence electrons. The van der Waals surface area contributed by atoms with Crippen molar-refractivity contribution < 1.29 is 24.9 Å². The molecule has 1 aliphatic heterocycles. The molecule has 7 nitrogen and oxygen atoms in total. The molecule has 1 saturated carbocycles. The first-order valence-corrected chi connectivity index (χ1v) is 14.2. The van der Waals surface area contributed by atoms with E-state index in [-0.39, 0.29) is 15.2 Å². The van der Waals surface area contributed by atoms with Crippen molar-refractivity contribution in [3.63, 3.8) is 0 Å². The summed E-state index contributed by atoms with van der Waals surface area (Å²) in [6.45, 7) is 7.70. The molecular formula is C23H33IN2O5. The predicted molar refractivity (Wildman–Crippen MR) is 129 cm³/mol. The molecule has 0 spiro atoms. The van der Waals surface area contributed by atoms with Gasteiger partial charge in [-0.25, -0.2) is 0 Å². The van der Waals surface area contributed by atoms with Gasteiger partial charge >= 0.3 is 191 Å². The summed E-state index contributed by atoms with van der Waals surface area (Å²) in [6, 6.07) is 7.60. The van der Waals surface area contributed by atoms with Gasteiger partial charge < -0.3 is 0 Å². The summed E-state index contributed by atoms with van der Waals surface area (Å²) in [5, 5.41) is 34.6. The standard InChI is InChI=1S/C23H33IN2O5/c1-14-13-23(14,19(29)18(28)17(27)9-11-22(2,3)4)20(30)26-24-12-10-15-7-5-6-8-16(15)25-21(24)31/h5-9,11,14,17-19,27-29H,10,12-13H2,1-4H3,(H,25,31)(H,26,30)/b11-9+/t14?,17-,18+,19-,23+/m1/s1. The molecule has 0 saturated heterocycles. The van der Waals surface area contributed by atoms with Crippen molar-refractivity contribution in [1.29, 1.82) is 0 Å². The van der Waals surface area contributed by atoms with Gasteiger partial charge in [-0.05, 0) is 0 Å². The third-order valence-corrected chi connectivity index (χ3v) is 10.2. The number of hydrogen-bond acceptors (Lipinski definition) is 5. The molecule has 0 bridgehead atoms. The van der Waals surface area contributed by atoms with Crippen molar-refractivity contribution in [2.24, 2.45) is 16.7 Å². The van der Waals surface area contributed by atoms with E-state index in [4.69, 9.17) is 0 Å². The number of allylic oxidation sites excluding steroid dienone is 1. The molecule has 0 radical (unpaired) electrons. The number of rotatable bonds is 6. The molecule has 1 aromatic rings. The van der Waals surface area contributed by atoms with Crippen LogP contribution < -0.4 is 8.85 Å². The molecule has 1 aromatic carbocycles. The van der Waals surface area contributed by atoms with Gasteiger partial charge in [0.25, 0.3) is 0 Å². The number of fused-ring (bicyclic) bond motifs is 1. The molecule has 5 N–H and O–H groups in total. The Morgan fingerprint density at radius 1 is 1.29 bits per heavy atom. The van der Waals surface area contributed by atoms with Crippen LogP contribution in [-0.2, 0) is 11.2 Å². The number of benzene rings is 1. The van der Waals surface area contributed by atoms with Gasteiger partial charge in [0, 0.05) is 0 Å². The fourth-order valence-electron chi connectivity index (χ4n) is 3.89. The van der Waals surface area contributed by atoms with Crippen LogP contribution in [0.5, 0.6) is 0 Å². The molecule has 8 heteroatoms. The molecule has 1 fully saturated rings. The number of carbonyl (C=O) groups excluding carboxylic acids is 2. The number of anilines is 1. The molecule has 31 heavy (non-hydrogen) atoms. The summed E-state index contributed by atoms with van der Waals surface area (Å²) in [4.78, 5) is 25.9. The van der Waals surface area contributed by atoms with Crippen molar-refractivity contribution in [1.82, 2.24) is 3.53 Å². The number of aliphatic hydroxyl groups excluding tert-OH is 3. The van der Waals surface area contributed by atoms with Crippen molar-refractivity contribution >= 4 is 35.6 Å². The molecule has 2 aliphatic rings. The number of alkyl halides is 1. The zero-order chi connectivity index (χ0) is 23.0. The molecule has 2 amide bonds. The van der Waals surface area contributed by atoms with E-state index in [0.717, 1.165) is 11.3 Å². The van der Waals surface area contributed by atoms with E-state index < -0.39 is 49.7 Å². The Hall–Kier alpha value is -1.49. The SMILES string of the molecule is CC1C[C@@]1(C(=O)NI1CCc2ccccc2NC1=O)[C@H](O)[C@@H](O)[C@H](O)/C=C/C(C)(C)C. The van der Waals surface area contributed by atoms with Gasteiger partial charge in [-0.15, -0.1) is 0 Å². The van der Waals surface area contributed by atoms with E-state index >= 15 is 0 Å². The first kappa shape index (κ1) is 24.2. The van der Waals surface area contributed by atoms with Gasteiger partial charge in [0.05, 0.1) is 0 Å². The molecule has 1 aliphatic carbocycles. The molecule has 1 heterocycles. The zero-order valence-corrected chi connectivity index (χ0v) is 20.6. The van der Waals surface area contributed by atoms with Crippen LogP contribution >= 0.6 is 20.1 Å². The van der Waals surface area contributed by atoms with Gasteiger partial charge in [-0.2, -0.15) is 0 Å². The van der Waals surface area contributed by atoms with Crippen LogP contribution in [0.3, 0.4) is 0 Å². The second-order valence-corrected chi connectivity index (χ2v) is 14.2. The second kappa shape index (κ2) is 9.17. The van der Waals surface area contributed by atoms with Crippen LogP contribution in [0.1, 0.15) is 39.7 Å². The zero-order valence-electron chi connectivity index (χ0n) is 18.4.